The van der Waals surface area contributed by atoms with Crippen LogP contribution in [0.5, 0.6) is 0 Å². The first-order chi connectivity index (χ1) is 15.1. The maximum absolute atomic E-state index is 13.2. The number of piperidine rings is 1. The van der Waals surface area contributed by atoms with Gasteiger partial charge in [-0.15, -0.1) is 0 Å². The fourth-order valence-corrected chi connectivity index (χ4v) is 5.45. The SMILES string of the molecule is Cn1ccnc1CN1C[C@@H]2C[C@H](C1)c1ccc(C(=O)NCC3=CCCCC3)c(=O)n1C2. The molecule has 1 N–H and O–H groups in total. The van der Waals surface area contributed by atoms with E-state index in [1.165, 1.54) is 18.4 Å². The summed E-state index contributed by atoms with van der Waals surface area (Å²) in [6.07, 6.45) is 11.7. The van der Waals surface area contributed by atoms with E-state index in [4.69, 9.17) is 0 Å². The fourth-order valence-electron chi connectivity index (χ4n) is 5.45. The number of allylic oxidation sites excluding steroid dienone is 1. The number of amides is 1. The molecule has 0 radical (unpaired) electrons. The van der Waals surface area contributed by atoms with Crippen LogP contribution in [-0.4, -0.2) is 44.6 Å². The second-order valence-electron chi connectivity index (χ2n) is 9.33. The van der Waals surface area contributed by atoms with Crippen LogP contribution in [0.2, 0.25) is 0 Å². The van der Waals surface area contributed by atoms with Crippen molar-refractivity contribution < 1.29 is 4.79 Å². The summed E-state index contributed by atoms with van der Waals surface area (Å²) in [7, 11) is 2.03. The van der Waals surface area contributed by atoms with E-state index in [0.717, 1.165) is 50.4 Å². The summed E-state index contributed by atoms with van der Waals surface area (Å²) in [6.45, 7) is 3.95. The molecule has 2 aromatic heterocycles. The number of carbonyl (C=O) groups excluding carboxylic acids is 1. The van der Waals surface area contributed by atoms with Crippen molar-refractivity contribution in [1.82, 2.24) is 24.3 Å². The quantitative estimate of drug-likeness (QED) is 0.753. The average Bonchev–Trinajstić information content (AvgIpc) is 3.18. The highest BCUT2D eigenvalue weighted by atomic mass is 16.2. The van der Waals surface area contributed by atoms with Crippen LogP contribution in [0.1, 0.15) is 59.9 Å². The Kier molecular flexibility index (Phi) is 5.52. The van der Waals surface area contributed by atoms with Crippen molar-refractivity contribution >= 4 is 5.91 Å². The summed E-state index contributed by atoms with van der Waals surface area (Å²) >= 11 is 0. The zero-order chi connectivity index (χ0) is 21.4. The number of carbonyl (C=O) groups is 1. The Balaban J connectivity index is 1.31. The number of imidazole rings is 1. The highest BCUT2D eigenvalue weighted by molar-refractivity contribution is 5.94. The van der Waals surface area contributed by atoms with Crippen LogP contribution in [-0.2, 0) is 20.1 Å². The van der Waals surface area contributed by atoms with Gasteiger partial charge in [0, 0.05) is 57.2 Å². The van der Waals surface area contributed by atoms with E-state index in [0.29, 0.717) is 24.9 Å². The standard InChI is InChI=1S/C24H31N5O2/c1-27-10-9-25-22(27)16-28-13-18-11-19(15-28)21-8-7-20(24(31)29(21)14-18)23(30)26-12-17-5-3-2-4-6-17/h5,7-10,18-19H,2-4,6,11-16H2,1H3,(H,26,30)/t18-,19+/m0/s1. The molecule has 0 unspecified atom stereocenters. The maximum Gasteiger partial charge on any atom is 0.263 e. The molecule has 0 spiro atoms. The molecule has 2 aromatic rings. The van der Waals surface area contributed by atoms with Crippen LogP contribution in [0.25, 0.3) is 0 Å². The zero-order valence-electron chi connectivity index (χ0n) is 18.2. The van der Waals surface area contributed by atoms with Crippen LogP contribution >= 0.6 is 0 Å². The number of likely N-dealkylation sites (tertiary alicyclic amines) is 1. The minimum atomic E-state index is -0.251. The third-order valence-electron chi connectivity index (χ3n) is 7.07. The van der Waals surface area contributed by atoms with Gasteiger partial charge >= 0.3 is 0 Å². The predicted octanol–water partition coefficient (Wildman–Crippen LogP) is 2.43. The summed E-state index contributed by atoms with van der Waals surface area (Å²) in [4.78, 5) is 32.8. The minimum Gasteiger partial charge on any atom is -0.348 e. The molecule has 7 nitrogen and oxygen atoms in total. The molecule has 1 fully saturated rings. The summed E-state index contributed by atoms with van der Waals surface area (Å²) in [5, 5.41) is 2.97. The Hall–Kier alpha value is -2.67. The number of hydrogen-bond acceptors (Lipinski definition) is 4. The summed E-state index contributed by atoms with van der Waals surface area (Å²) < 4.78 is 3.93. The summed E-state index contributed by atoms with van der Waals surface area (Å²) in [6, 6.07) is 3.73. The largest absolute Gasteiger partial charge is 0.348 e. The molecule has 1 saturated heterocycles. The lowest BCUT2D eigenvalue weighted by Gasteiger charge is -2.42. The van der Waals surface area contributed by atoms with Gasteiger partial charge in [0.15, 0.2) is 0 Å². The van der Waals surface area contributed by atoms with E-state index in [1.54, 1.807) is 6.07 Å². The van der Waals surface area contributed by atoms with Crippen LogP contribution in [0.4, 0.5) is 0 Å². The Morgan fingerprint density at radius 1 is 1.23 bits per heavy atom. The van der Waals surface area contributed by atoms with Crippen molar-refractivity contribution in [3.05, 3.63) is 63.6 Å². The number of pyridine rings is 1. The molecular weight excluding hydrogens is 390 g/mol. The van der Waals surface area contributed by atoms with Crippen molar-refractivity contribution in [2.75, 3.05) is 19.6 Å². The average molecular weight is 422 g/mol. The molecule has 5 rings (SSSR count). The zero-order valence-corrected chi connectivity index (χ0v) is 18.2. The molecule has 0 aromatic carbocycles. The van der Waals surface area contributed by atoms with Gasteiger partial charge in [-0.3, -0.25) is 14.5 Å². The number of aryl methyl sites for hydroxylation is 1. The van der Waals surface area contributed by atoms with Crippen LogP contribution in [0, 0.1) is 5.92 Å². The monoisotopic (exact) mass is 421 g/mol. The number of hydrogen-bond donors (Lipinski definition) is 1. The first kappa shape index (κ1) is 20.2. The van der Waals surface area contributed by atoms with Crippen LogP contribution in [0.3, 0.4) is 0 Å². The van der Waals surface area contributed by atoms with Gasteiger partial charge in [0.05, 0.1) is 6.54 Å². The van der Waals surface area contributed by atoms with Gasteiger partial charge in [-0.05, 0) is 50.2 Å². The van der Waals surface area contributed by atoms with Gasteiger partial charge in [0.1, 0.15) is 11.4 Å². The Labute approximate surface area is 182 Å². The van der Waals surface area contributed by atoms with E-state index >= 15 is 0 Å². The number of aromatic nitrogens is 3. The van der Waals surface area contributed by atoms with E-state index < -0.39 is 0 Å². The third kappa shape index (κ3) is 4.11. The maximum atomic E-state index is 13.2. The number of nitrogens with one attached hydrogen (secondary N) is 1. The Morgan fingerprint density at radius 2 is 2.13 bits per heavy atom. The highest BCUT2D eigenvalue weighted by Crippen LogP contribution is 2.35. The first-order valence-electron chi connectivity index (χ1n) is 11.5. The van der Waals surface area contributed by atoms with E-state index in [1.807, 2.05) is 30.1 Å². The van der Waals surface area contributed by atoms with Gasteiger partial charge in [-0.2, -0.15) is 0 Å². The topological polar surface area (TPSA) is 72.2 Å². The van der Waals surface area contributed by atoms with Crippen molar-refractivity contribution in [1.29, 1.82) is 0 Å². The second kappa shape index (κ2) is 8.46. The van der Waals surface area contributed by atoms with E-state index in [9.17, 15) is 9.59 Å². The molecule has 0 saturated carbocycles. The first-order valence-corrected chi connectivity index (χ1v) is 11.5. The van der Waals surface area contributed by atoms with Crippen molar-refractivity contribution in [3.8, 4) is 0 Å². The number of fused-ring (bicyclic) bond motifs is 4. The molecule has 2 aliphatic heterocycles. The van der Waals surface area contributed by atoms with Gasteiger partial charge in [-0.1, -0.05) is 11.6 Å². The van der Waals surface area contributed by atoms with Gasteiger partial charge < -0.3 is 14.5 Å². The normalized spacial score (nSPS) is 23.2. The molecular formula is C24H31N5O2. The molecule has 1 amide bonds. The minimum absolute atomic E-state index is 0.139. The predicted molar refractivity (Wildman–Crippen MR) is 119 cm³/mol. The number of nitrogens with zero attached hydrogens (tertiary/aromatic N) is 4. The van der Waals surface area contributed by atoms with E-state index in [2.05, 4.69) is 25.8 Å². The second-order valence-corrected chi connectivity index (χ2v) is 9.33. The van der Waals surface area contributed by atoms with Crippen molar-refractivity contribution in [3.63, 3.8) is 0 Å². The van der Waals surface area contributed by atoms with Crippen LogP contribution < -0.4 is 10.9 Å². The molecule has 3 aliphatic rings. The summed E-state index contributed by atoms with van der Waals surface area (Å²) in [5.74, 6) is 1.57. The molecule has 1 aliphatic carbocycles. The smallest absolute Gasteiger partial charge is 0.263 e. The molecule has 7 heteroatoms. The summed E-state index contributed by atoms with van der Waals surface area (Å²) in [5.41, 5.74) is 2.47. The molecule has 2 atom stereocenters. The Morgan fingerprint density at radius 3 is 2.90 bits per heavy atom. The van der Waals surface area contributed by atoms with Crippen molar-refractivity contribution in [2.45, 2.75) is 51.1 Å². The lowest BCUT2D eigenvalue weighted by molar-refractivity contribution is 0.0948. The van der Waals surface area contributed by atoms with E-state index in [-0.39, 0.29) is 17.0 Å². The lowest BCUT2D eigenvalue weighted by atomic mass is 9.83. The van der Waals surface area contributed by atoms with Crippen LogP contribution in [0.15, 0.2) is 41.0 Å². The van der Waals surface area contributed by atoms with Crippen molar-refractivity contribution in [2.24, 2.45) is 13.0 Å². The molecule has 31 heavy (non-hydrogen) atoms. The van der Waals surface area contributed by atoms with Gasteiger partial charge in [0.25, 0.3) is 11.5 Å². The highest BCUT2D eigenvalue weighted by Gasteiger charge is 2.35. The molecule has 2 bridgehead atoms. The fraction of sp³-hybridized carbons (Fsp3) is 0.542. The van der Waals surface area contributed by atoms with Gasteiger partial charge in [-0.25, -0.2) is 4.98 Å². The third-order valence-corrected chi connectivity index (χ3v) is 7.07. The molecule has 164 valence electrons. The molecule has 4 heterocycles. The lowest BCUT2D eigenvalue weighted by Crippen LogP contribution is -2.48. The van der Waals surface area contributed by atoms with Gasteiger partial charge in [0.2, 0.25) is 0 Å². The Bertz CT molecular complexity index is 1070. The number of rotatable bonds is 5.